The van der Waals surface area contributed by atoms with Crippen molar-refractivity contribution in [3.8, 4) is 11.5 Å². The number of carboxylic acid groups (broad SMARTS) is 1. The molecule has 2 N–H and O–H groups in total. The summed E-state index contributed by atoms with van der Waals surface area (Å²) in [6, 6.07) is 8.61. The van der Waals surface area contributed by atoms with Crippen LogP contribution in [0.5, 0.6) is 11.5 Å². The molecule has 0 bridgehead atoms. The number of carbonyl (C=O) groups excluding carboxylic acids is 1. The SMILES string of the molecule is COc1c(N2CCN(CCCCOc3ccc([C@@H](O)CN(C)C(C)=O)cc3)C(C)C2)c(F)cc2c(=O)c(C(=O)O)cn(C3CC3)c12. The van der Waals surface area contributed by atoms with Crippen molar-refractivity contribution in [3.05, 3.63) is 63.7 Å². The number of benzene rings is 2. The molecule has 12 heteroatoms. The van der Waals surface area contributed by atoms with E-state index in [0.29, 0.717) is 30.9 Å². The minimum absolute atomic E-state index is 0.0184. The van der Waals surface area contributed by atoms with Gasteiger partial charge in [0, 0.05) is 51.9 Å². The number of anilines is 1. The molecule has 11 nitrogen and oxygen atoms in total. The van der Waals surface area contributed by atoms with Crippen LogP contribution in [0.15, 0.2) is 41.3 Å². The lowest BCUT2D eigenvalue weighted by atomic mass is 10.1. The molecule has 1 saturated carbocycles. The van der Waals surface area contributed by atoms with E-state index in [-0.39, 0.29) is 41.2 Å². The van der Waals surface area contributed by atoms with Gasteiger partial charge in [0.2, 0.25) is 11.3 Å². The quantitative estimate of drug-likeness (QED) is 0.267. The summed E-state index contributed by atoms with van der Waals surface area (Å²) in [5, 5.41) is 20.0. The summed E-state index contributed by atoms with van der Waals surface area (Å²) in [7, 11) is 3.11. The Morgan fingerprint density at radius 1 is 1.15 bits per heavy atom. The van der Waals surface area contributed by atoms with E-state index in [9.17, 15) is 24.6 Å². The van der Waals surface area contributed by atoms with Crippen molar-refractivity contribution in [2.45, 2.75) is 57.7 Å². The van der Waals surface area contributed by atoms with Gasteiger partial charge >= 0.3 is 5.97 Å². The Labute approximate surface area is 267 Å². The minimum atomic E-state index is -1.33. The topological polar surface area (TPSA) is 125 Å². The molecule has 248 valence electrons. The van der Waals surface area contributed by atoms with Gasteiger partial charge in [0.05, 0.1) is 37.3 Å². The molecule has 0 spiro atoms. The lowest BCUT2D eigenvalue weighted by Crippen LogP contribution is -2.52. The number of nitrogens with zero attached hydrogens (tertiary/aromatic N) is 4. The third-order valence-electron chi connectivity index (χ3n) is 9.01. The fourth-order valence-corrected chi connectivity index (χ4v) is 6.14. The Kier molecular flexibility index (Phi) is 10.2. The van der Waals surface area contributed by atoms with Gasteiger partial charge in [-0.25, -0.2) is 9.18 Å². The zero-order valence-electron chi connectivity index (χ0n) is 26.9. The van der Waals surface area contributed by atoms with Gasteiger partial charge in [-0.05, 0) is 62.9 Å². The number of fused-ring (bicyclic) bond motifs is 1. The summed E-state index contributed by atoms with van der Waals surface area (Å²) < 4.78 is 29.2. The van der Waals surface area contributed by atoms with Crippen LogP contribution in [0.25, 0.3) is 10.9 Å². The van der Waals surface area contributed by atoms with E-state index in [2.05, 4.69) is 11.8 Å². The molecule has 5 rings (SSSR count). The number of aromatic nitrogens is 1. The Morgan fingerprint density at radius 3 is 2.48 bits per heavy atom. The number of hydrogen-bond donors (Lipinski definition) is 2. The van der Waals surface area contributed by atoms with E-state index >= 15 is 4.39 Å². The van der Waals surface area contributed by atoms with Crippen LogP contribution in [-0.4, -0.2) is 96.0 Å². The second-order valence-electron chi connectivity index (χ2n) is 12.3. The number of methoxy groups -OCH3 is 1. The Balaban J connectivity index is 1.17. The predicted octanol–water partition coefficient (Wildman–Crippen LogP) is 4.06. The molecular weight excluding hydrogens is 595 g/mol. The molecule has 2 atom stereocenters. The summed E-state index contributed by atoms with van der Waals surface area (Å²) in [6.07, 6.45) is 4.09. The smallest absolute Gasteiger partial charge is 0.341 e. The first kappa shape index (κ1) is 33.2. The first-order chi connectivity index (χ1) is 22.0. The largest absolute Gasteiger partial charge is 0.494 e. The van der Waals surface area contributed by atoms with Gasteiger partial charge in [0.1, 0.15) is 17.0 Å². The van der Waals surface area contributed by atoms with Crippen molar-refractivity contribution in [2.24, 2.45) is 0 Å². The highest BCUT2D eigenvalue weighted by molar-refractivity contribution is 5.97. The summed E-state index contributed by atoms with van der Waals surface area (Å²) in [4.78, 5) is 42.0. The zero-order chi connectivity index (χ0) is 33.1. The fraction of sp³-hybridized carbons (Fsp3) is 0.500. The lowest BCUT2D eigenvalue weighted by Gasteiger charge is -2.41. The van der Waals surface area contributed by atoms with Gasteiger partial charge in [-0.2, -0.15) is 0 Å². The van der Waals surface area contributed by atoms with E-state index < -0.39 is 23.3 Å². The molecule has 1 unspecified atom stereocenters. The molecule has 1 aliphatic carbocycles. The van der Waals surface area contributed by atoms with Gasteiger partial charge < -0.3 is 34.1 Å². The van der Waals surface area contributed by atoms with Gasteiger partial charge in [-0.15, -0.1) is 0 Å². The number of aromatic carboxylic acids is 1. The van der Waals surface area contributed by atoms with Crippen molar-refractivity contribution >= 4 is 28.5 Å². The number of carboxylic acids is 1. The maximum Gasteiger partial charge on any atom is 0.341 e. The summed E-state index contributed by atoms with van der Waals surface area (Å²) in [5.74, 6) is -1.05. The van der Waals surface area contributed by atoms with Crippen LogP contribution in [0.4, 0.5) is 10.1 Å². The molecule has 2 fully saturated rings. The number of aliphatic hydroxyl groups excluding tert-OH is 1. The number of amides is 1. The number of pyridine rings is 1. The highest BCUT2D eigenvalue weighted by atomic mass is 19.1. The number of hydrogen-bond acceptors (Lipinski definition) is 8. The third kappa shape index (κ3) is 7.13. The Hall–Kier alpha value is -4.16. The number of rotatable bonds is 13. The van der Waals surface area contributed by atoms with Crippen molar-refractivity contribution in [3.63, 3.8) is 0 Å². The van der Waals surface area contributed by atoms with Gasteiger partial charge in [0.15, 0.2) is 11.6 Å². The Bertz CT molecular complexity index is 1640. The van der Waals surface area contributed by atoms with Crippen LogP contribution in [0.1, 0.15) is 67.6 Å². The number of piperazine rings is 1. The lowest BCUT2D eigenvalue weighted by molar-refractivity contribution is -0.128. The number of ether oxygens (including phenoxy) is 2. The number of halogens is 1. The molecule has 1 aromatic heterocycles. The molecule has 1 saturated heterocycles. The van der Waals surface area contributed by atoms with Crippen molar-refractivity contribution in [1.29, 1.82) is 0 Å². The van der Waals surface area contributed by atoms with Crippen LogP contribution >= 0.6 is 0 Å². The molecular formula is C34H43FN4O7. The van der Waals surface area contributed by atoms with Gasteiger partial charge in [-0.3, -0.25) is 14.5 Å². The zero-order valence-corrected chi connectivity index (χ0v) is 26.9. The number of unbranched alkanes of at least 4 members (excludes halogenated alkanes) is 1. The normalized spacial score (nSPS) is 17.6. The molecule has 2 aliphatic rings. The van der Waals surface area contributed by atoms with E-state index in [0.717, 1.165) is 50.1 Å². The summed E-state index contributed by atoms with van der Waals surface area (Å²) in [6.45, 7) is 7.07. The Morgan fingerprint density at radius 2 is 1.87 bits per heavy atom. The molecule has 2 heterocycles. The molecule has 2 aromatic carbocycles. The highest BCUT2D eigenvalue weighted by Crippen LogP contribution is 2.44. The molecule has 0 radical (unpaired) electrons. The molecule has 1 amide bonds. The number of likely N-dealkylation sites (N-methyl/N-ethyl adjacent to an activating group) is 1. The first-order valence-electron chi connectivity index (χ1n) is 15.8. The van der Waals surface area contributed by atoms with E-state index in [4.69, 9.17) is 9.47 Å². The van der Waals surface area contributed by atoms with Crippen molar-refractivity contribution in [1.82, 2.24) is 14.4 Å². The van der Waals surface area contributed by atoms with Crippen LogP contribution in [-0.2, 0) is 4.79 Å². The molecule has 3 aromatic rings. The predicted molar refractivity (Wildman–Crippen MR) is 173 cm³/mol. The summed E-state index contributed by atoms with van der Waals surface area (Å²) >= 11 is 0. The number of carbonyl (C=O) groups is 2. The highest BCUT2D eigenvalue weighted by Gasteiger charge is 2.33. The average molecular weight is 639 g/mol. The molecule has 1 aliphatic heterocycles. The second kappa shape index (κ2) is 14.1. The first-order valence-corrected chi connectivity index (χ1v) is 15.8. The second-order valence-corrected chi connectivity index (χ2v) is 12.3. The third-order valence-corrected chi connectivity index (χ3v) is 9.01. The number of aliphatic hydroxyl groups is 1. The van der Waals surface area contributed by atoms with Gasteiger partial charge in [-0.1, -0.05) is 12.1 Å². The van der Waals surface area contributed by atoms with Crippen LogP contribution in [0, 0.1) is 5.82 Å². The average Bonchev–Trinajstić information content (AvgIpc) is 3.87. The fourth-order valence-electron chi connectivity index (χ4n) is 6.14. The maximum absolute atomic E-state index is 15.7. The van der Waals surface area contributed by atoms with E-state index in [1.165, 1.54) is 31.2 Å². The minimum Gasteiger partial charge on any atom is -0.494 e. The van der Waals surface area contributed by atoms with Gasteiger partial charge in [0.25, 0.3) is 0 Å². The van der Waals surface area contributed by atoms with Crippen LogP contribution in [0.3, 0.4) is 0 Å². The maximum atomic E-state index is 15.7. The van der Waals surface area contributed by atoms with Crippen molar-refractivity contribution in [2.75, 3.05) is 58.4 Å². The molecule has 46 heavy (non-hydrogen) atoms. The van der Waals surface area contributed by atoms with Crippen LogP contribution in [0.2, 0.25) is 0 Å². The standard InChI is InChI=1S/C34H43FN4O7/c1-21-18-38(31-28(35)17-26-30(33(31)45-4)39(24-9-10-24)19-27(32(26)42)34(43)44)15-14-37(21)13-5-6-16-46-25-11-7-23(8-12-25)29(41)20-36(3)22(2)40/h7-8,11-12,17,19,21,24,29,41H,5-6,9-10,13-16,18,20H2,1-4H3,(H,43,44)/t21?,29-/m0/s1. The monoisotopic (exact) mass is 638 g/mol. The van der Waals surface area contributed by atoms with Crippen LogP contribution < -0.4 is 19.8 Å². The van der Waals surface area contributed by atoms with E-state index in [1.54, 1.807) is 23.7 Å². The van der Waals surface area contributed by atoms with Crippen molar-refractivity contribution < 1.29 is 33.7 Å². The summed E-state index contributed by atoms with van der Waals surface area (Å²) in [5.41, 5.74) is 0.383. The van der Waals surface area contributed by atoms with E-state index in [1.807, 2.05) is 17.0 Å².